The minimum absolute atomic E-state index is 0.312. The Kier molecular flexibility index (Phi) is 5.12. The van der Waals surface area contributed by atoms with Crippen LogP contribution in [0.3, 0.4) is 0 Å². The molecule has 0 aliphatic heterocycles. The van der Waals surface area contributed by atoms with Crippen molar-refractivity contribution in [3.05, 3.63) is 89.9 Å². The monoisotopic (exact) mass is 360 g/mol. The van der Waals surface area contributed by atoms with E-state index >= 15 is 0 Å². The first kappa shape index (κ1) is 17.2. The number of aryl methyl sites for hydroxylation is 1. The third kappa shape index (κ3) is 4.33. The first-order chi connectivity index (χ1) is 13.3. The molecule has 0 spiro atoms. The lowest BCUT2D eigenvalue weighted by molar-refractivity contribution is 0.137. The van der Waals surface area contributed by atoms with Gasteiger partial charge in [0.25, 0.3) is 0 Å². The number of aromatic nitrogens is 2. The van der Waals surface area contributed by atoms with Crippen molar-refractivity contribution in [1.82, 2.24) is 9.97 Å². The molecule has 0 bridgehead atoms. The summed E-state index contributed by atoms with van der Waals surface area (Å²) >= 11 is 0. The van der Waals surface area contributed by atoms with E-state index in [1.54, 1.807) is 18.3 Å². The molecule has 1 unspecified atom stereocenters. The van der Waals surface area contributed by atoms with E-state index in [2.05, 4.69) is 9.97 Å². The van der Waals surface area contributed by atoms with Crippen LogP contribution in [-0.2, 0) is 13.0 Å². The van der Waals surface area contributed by atoms with Gasteiger partial charge in [0.15, 0.2) is 11.2 Å². The number of pyridine rings is 1. The van der Waals surface area contributed by atoms with Crippen molar-refractivity contribution in [2.45, 2.75) is 25.6 Å². The highest BCUT2D eigenvalue weighted by atomic mass is 16.5. The molecule has 0 aliphatic rings. The summed E-state index contributed by atoms with van der Waals surface area (Å²) in [5.41, 5.74) is 3.37. The van der Waals surface area contributed by atoms with Gasteiger partial charge in [-0.15, -0.1) is 0 Å². The number of oxazole rings is 1. The van der Waals surface area contributed by atoms with E-state index in [0.717, 1.165) is 16.9 Å². The van der Waals surface area contributed by atoms with Crippen LogP contribution in [0.4, 0.5) is 0 Å². The lowest BCUT2D eigenvalue weighted by Gasteiger charge is -2.09. The number of aliphatic hydroxyl groups excluding tert-OH is 1. The molecule has 5 heteroatoms. The molecule has 0 radical (unpaired) electrons. The highest BCUT2D eigenvalue weighted by Crippen LogP contribution is 2.23. The molecule has 2 aromatic carbocycles. The average Bonchev–Trinajstić information content (AvgIpc) is 3.16. The van der Waals surface area contributed by atoms with E-state index in [1.165, 1.54) is 0 Å². The van der Waals surface area contributed by atoms with Crippen molar-refractivity contribution in [1.29, 1.82) is 0 Å². The minimum Gasteiger partial charge on any atom is -0.489 e. The normalized spacial score (nSPS) is 12.2. The van der Waals surface area contributed by atoms with Crippen LogP contribution in [0.5, 0.6) is 5.75 Å². The summed E-state index contributed by atoms with van der Waals surface area (Å²) in [6, 6.07) is 21.6. The molecule has 1 N–H and O–H groups in total. The van der Waals surface area contributed by atoms with Crippen LogP contribution in [0.25, 0.3) is 11.2 Å². The third-order valence-corrected chi connectivity index (χ3v) is 4.34. The zero-order valence-corrected chi connectivity index (χ0v) is 14.8. The number of hydrogen-bond donors (Lipinski definition) is 1. The molecular formula is C22H20N2O3. The fourth-order valence-corrected chi connectivity index (χ4v) is 2.85. The molecule has 0 saturated carbocycles. The highest BCUT2D eigenvalue weighted by molar-refractivity contribution is 5.66. The molecule has 1 atom stereocenters. The maximum absolute atomic E-state index is 10.3. The van der Waals surface area contributed by atoms with Gasteiger partial charge in [-0.25, -0.2) is 4.98 Å². The average molecular weight is 360 g/mol. The quantitative estimate of drug-likeness (QED) is 0.527. The van der Waals surface area contributed by atoms with Crippen molar-refractivity contribution in [2.75, 3.05) is 0 Å². The predicted molar refractivity (Wildman–Crippen MR) is 102 cm³/mol. The van der Waals surface area contributed by atoms with Crippen LogP contribution < -0.4 is 4.74 Å². The van der Waals surface area contributed by atoms with Crippen LogP contribution in [0.1, 0.15) is 29.5 Å². The smallest absolute Gasteiger partial charge is 0.225 e. The van der Waals surface area contributed by atoms with Gasteiger partial charge in [0.05, 0.1) is 0 Å². The maximum Gasteiger partial charge on any atom is 0.225 e. The molecule has 5 nitrogen and oxygen atoms in total. The Morgan fingerprint density at radius 1 is 0.926 bits per heavy atom. The largest absolute Gasteiger partial charge is 0.489 e. The van der Waals surface area contributed by atoms with Crippen molar-refractivity contribution in [3.63, 3.8) is 0 Å². The Bertz CT molecular complexity index is 964. The van der Waals surface area contributed by atoms with Gasteiger partial charge in [0.2, 0.25) is 5.89 Å². The molecule has 0 fully saturated rings. The van der Waals surface area contributed by atoms with Crippen LogP contribution in [0.15, 0.2) is 77.3 Å². The van der Waals surface area contributed by atoms with E-state index < -0.39 is 6.10 Å². The molecular weight excluding hydrogens is 340 g/mol. The fourth-order valence-electron chi connectivity index (χ4n) is 2.85. The number of ether oxygens (including phenoxy) is 1. The van der Waals surface area contributed by atoms with Gasteiger partial charge in [-0.2, -0.15) is 4.98 Å². The fraction of sp³-hybridized carbons (Fsp3) is 0.182. The Balaban J connectivity index is 1.31. The summed E-state index contributed by atoms with van der Waals surface area (Å²) in [5, 5.41) is 10.3. The van der Waals surface area contributed by atoms with E-state index in [-0.39, 0.29) is 0 Å². The van der Waals surface area contributed by atoms with Gasteiger partial charge in [-0.05, 0) is 48.2 Å². The lowest BCUT2D eigenvalue weighted by Crippen LogP contribution is -2.00. The van der Waals surface area contributed by atoms with Gasteiger partial charge in [-0.1, -0.05) is 42.5 Å². The zero-order valence-electron chi connectivity index (χ0n) is 14.8. The van der Waals surface area contributed by atoms with Crippen LogP contribution >= 0.6 is 0 Å². The van der Waals surface area contributed by atoms with E-state index in [4.69, 9.17) is 9.15 Å². The third-order valence-electron chi connectivity index (χ3n) is 4.34. The lowest BCUT2D eigenvalue weighted by atomic mass is 10.1. The molecule has 0 amide bonds. The zero-order chi connectivity index (χ0) is 18.5. The second kappa shape index (κ2) is 8.01. The second-order valence-electron chi connectivity index (χ2n) is 6.35. The number of benzene rings is 2. The molecule has 0 saturated heterocycles. The highest BCUT2D eigenvalue weighted by Gasteiger charge is 2.15. The second-order valence-corrected chi connectivity index (χ2v) is 6.35. The first-order valence-corrected chi connectivity index (χ1v) is 8.93. The molecule has 2 aromatic heterocycles. The van der Waals surface area contributed by atoms with Gasteiger partial charge >= 0.3 is 0 Å². The maximum atomic E-state index is 10.3. The van der Waals surface area contributed by atoms with Crippen molar-refractivity contribution >= 4 is 11.2 Å². The van der Waals surface area contributed by atoms with Gasteiger partial charge in [0, 0.05) is 6.20 Å². The summed E-state index contributed by atoms with van der Waals surface area (Å²) in [4.78, 5) is 8.37. The Labute approximate surface area is 157 Å². The summed E-state index contributed by atoms with van der Waals surface area (Å²) in [6.07, 6.45) is 2.14. The topological polar surface area (TPSA) is 68.4 Å². The Hall–Kier alpha value is -3.18. The predicted octanol–water partition coefficient (Wildman–Crippen LogP) is 4.47. The number of rotatable bonds is 7. The number of hydrogen-bond acceptors (Lipinski definition) is 5. The number of aliphatic hydroxyl groups is 1. The summed E-state index contributed by atoms with van der Waals surface area (Å²) < 4.78 is 11.4. The van der Waals surface area contributed by atoms with Gasteiger partial charge in [0.1, 0.15) is 18.5 Å². The van der Waals surface area contributed by atoms with E-state index in [0.29, 0.717) is 36.6 Å². The van der Waals surface area contributed by atoms with Crippen molar-refractivity contribution in [3.8, 4) is 5.75 Å². The van der Waals surface area contributed by atoms with E-state index in [1.807, 2.05) is 54.6 Å². The molecule has 27 heavy (non-hydrogen) atoms. The van der Waals surface area contributed by atoms with Crippen molar-refractivity contribution in [2.24, 2.45) is 0 Å². The standard InChI is InChI=1S/C22H20N2O3/c25-19(22-24-21-20(27-22)7-4-14-23-21)13-10-16-8-11-18(12-9-16)26-15-17-5-2-1-3-6-17/h1-9,11-12,14,19,25H,10,13,15H2. The molecule has 4 rings (SSSR count). The minimum atomic E-state index is -0.756. The summed E-state index contributed by atoms with van der Waals surface area (Å²) in [6.45, 7) is 0.546. The summed E-state index contributed by atoms with van der Waals surface area (Å²) in [5.74, 6) is 1.14. The SMILES string of the molecule is OC(CCc1ccc(OCc2ccccc2)cc1)c1nc2ncccc2o1. The first-order valence-electron chi connectivity index (χ1n) is 8.93. The Morgan fingerprint density at radius 3 is 2.52 bits per heavy atom. The molecule has 4 aromatic rings. The van der Waals surface area contributed by atoms with Gasteiger partial charge in [-0.3, -0.25) is 0 Å². The van der Waals surface area contributed by atoms with Crippen LogP contribution in [0, 0.1) is 0 Å². The Morgan fingerprint density at radius 2 is 1.74 bits per heavy atom. The number of fused-ring (bicyclic) bond motifs is 1. The molecule has 136 valence electrons. The van der Waals surface area contributed by atoms with Crippen LogP contribution in [0.2, 0.25) is 0 Å². The summed E-state index contributed by atoms with van der Waals surface area (Å²) in [7, 11) is 0. The molecule has 2 heterocycles. The number of nitrogens with zero attached hydrogens (tertiary/aromatic N) is 2. The van der Waals surface area contributed by atoms with Crippen molar-refractivity contribution < 1.29 is 14.3 Å². The van der Waals surface area contributed by atoms with E-state index in [9.17, 15) is 5.11 Å². The van der Waals surface area contributed by atoms with Crippen LogP contribution in [-0.4, -0.2) is 15.1 Å². The molecule has 0 aliphatic carbocycles. The van der Waals surface area contributed by atoms with Gasteiger partial charge < -0.3 is 14.3 Å².